The molecular weight excluding hydrogens is 401 g/mol. The normalized spacial score (nSPS) is 11.3. The quantitative estimate of drug-likeness (QED) is 0.351. The van der Waals surface area contributed by atoms with Crippen LogP contribution in [0.15, 0.2) is 30.3 Å². The number of methoxy groups -OCH3 is 2. The Bertz CT molecular complexity index is 386. The van der Waals surface area contributed by atoms with E-state index in [2.05, 4.69) is 0 Å². The summed E-state index contributed by atoms with van der Waals surface area (Å²) in [5.41, 5.74) is 1.04. The van der Waals surface area contributed by atoms with E-state index in [-0.39, 0.29) is 6.29 Å². The van der Waals surface area contributed by atoms with E-state index in [0.29, 0.717) is 0 Å². The summed E-state index contributed by atoms with van der Waals surface area (Å²) in [4.78, 5) is 0. The number of rotatable bonds is 3. The van der Waals surface area contributed by atoms with E-state index in [4.69, 9.17) is 9.47 Å². The van der Waals surface area contributed by atoms with Gasteiger partial charge >= 0.3 is 21.8 Å². The molecule has 17 heteroatoms. The van der Waals surface area contributed by atoms with E-state index in [9.17, 15) is 51.8 Å². The van der Waals surface area contributed by atoms with E-state index in [0.717, 1.165) is 5.56 Å². The fourth-order valence-corrected chi connectivity index (χ4v) is 0.979. The molecule has 0 atom stereocenters. The Kier molecular flexibility index (Phi) is 15.4. The Morgan fingerprint density at radius 1 is 0.577 bits per heavy atom. The van der Waals surface area contributed by atoms with Crippen LogP contribution in [0.1, 0.15) is 11.9 Å². The predicted octanol–water partition coefficient (Wildman–Crippen LogP) is 5.88. The molecule has 1 aromatic carbocycles. The first-order valence-corrected chi connectivity index (χ1v) is 6.11. The van der Waals surface area contributed by atoms with Crippen LogP contribution in [0.3, 0.4) is 0 Å². The Morgan fingerprint density at radius 3 is 1.00 bits per heavy atom. The number of halogens is 12. The van der Waals surface area contributed by atoms with Crippen LogP contribution in [0.4, 0.5) is 51.8 Å². The van der Waals surface area contributed by atoms with Gasteiger partial charge in [-0.1, -0.05) is 30.3 Å². The topological polar surface area (TPSA) is 18.5 Å². The monoisotopic (exact) mass is 413 g/mol. The zero-order chi connectivity index (χ0) is 21.6. The number of hydrogen-bond donors (Lipinski definition) is 0. The minimum absolute atomic E-state index is 0.240. The highest BCUT2D eigenvalue weighted by molar-refractivity contribution is 6.50. The van der Waals surface area contributed by atoms with E-state index < -0.39 is 21.8 Å². The summed E-state index contributed by atoms with van der Waals surface area (Å²) < 4.78 is 127. The standard InChI is InChI=1S/C9H12O2.3BF4/c1-10-9(11-2)8-6-4-3-5-7-8;3*2-1(3,4)5/h3-7,9H,1-2H3;;;/q;3*-1. The Labute approximate surface area is 140 Å². The first kappa shape index (κ1) is 29.3. The second-order valence-electron chi connectivity index (χ2n) is 3.70. The summed E-state index contributed by atoms with van der Waals surface area (Å²) >= 11 is 0. The van der Waals surface area contributed by atoms with Crippen LogP contribution in [0.5, 0.6) is 0 Å². The highest BCUT2D eigenvalue weighted by Gasteiger charge is 2.21. The van der Waals surface area contributed by atoms with E-state index in [1.165, 1.54) is 0 Å². The molecule has 0 saturated heterocycles. The molecule has 0 spiro atoms. The van der Waals surface area contributed by atoms with Crippen LogP contribution in [-0.2, 0) is 9.47 Å². The van der Waals surface area contributed by atoms with Gasteiger partial charge in [0.05, 0.1) is 0 Å². The molecule has 26 heavy (non-hydrogen) atoms. The molecule has 0 heterocycles. The van der Waals surface area contributed by atoms with Crippen LogP contribution in [0, 0.1) is 0 Å². The molecule has 156 valence electrons. The molecule has 0 saturated carbocycles. The van der Waals surface area contributed by atoms with Crippen molar-refractivity contribution >= 4 is 21.8 Å². The maximum atomic E-state index is 9.75. The molecule has 1 rings (SSSR count). The summed E-state index contributed by atoms with van der Waals surface area (Å²) in [6.45, 7) is 0. The Balaban J connectivity index is -0.000000300. The number of ether oxygens (including phenoxy) is 2. The maximum absolute atomic E-state index is 9.75. The SMILES string of the molecule is COC(OC)c1ccccc1.F[B-](F)(F)F.F[B-](F)(F)F.F[B-](F)(F)F. The molecule has 0 amide bonds. The molecule has 0 bridgehead atoms. The van der Waals surface area contributed by atoms with Gasteiger partial charge < -0.3 is 61.3 Å². The van der Waals surface area contributed by atoms with Crippen molar-refractivity contribution in [2.45, 2.75) is 6.29 Å². The van der Waals surface area contributed by atoms with Gasteiger partial charge in [-0.3, -0.25) is 0 Å². The molecule has 0 aliphatic rings. The zero-order valence-corrected chi connectivity index (χ0v) is 13.0. The molecule has 0 N–H and O–H groups in total. The molecular formula is C9H12B3F12O2-3. The van der Waals surface area contributed by atoms with Crippen molar-refractivity contribution in [1.29, 1.82) is 0 Å². The van der Waals surface area contributed by atoms with Gasteiger partial charge in [0.2, 0.25) is 0 Å². The van der Waals surface area contributed by atoms with E-state index in [1.807, 2.05) is 30.3 Å². The third-order valence-electron chi connectivity index (χ3n) is 1.50. The van der Waals surface area contributed by atoms with Crippen LogP contribution >= 0.6 is 0 Å². The smallest absolute Gasteiger partial charge is 0.418 e. The van der Waals surface area contributed by atoms with E-state index in [1.54, 1.807) is 14.2 Å². The second kappa shape index (κ2) is 13.7. The van der Waals surface area contributed by atoms with Crippen LogP contribution in [0.2, 0.25) is 0 Å². The van der Waals surface area contributed by atoms with Gasteiger partial charge in [-0.15, -0.1) is 0 Å². The summed E-state index contributed by atoms with van der Waals surface area (Å²) in [5, 5.41) is 0. The summed E-state index contributed by atoms with van der Waals surface area (Å²) in [6, 6.07) is 9.82. The van der Waals surface area contributed by atoms with Crippen molar-refractivity contribution in [3.63, 3.8) is 0 Å². The van der Waals surface area contributed by atoms with Crippen LogP contribution in [0.25, 0.3) is 0 Å². The zero-order valence-electron chi connectivity index (χ0n) is 13.0. The summed E-state index contributed by atoms with van der Waals surface area (Å²) in [7, 11) is -14.7. The Morgan fingerprint density at radius 2 is 0.808 bits per heavy atom. The third kappa shape index (κ3) is 49.5. The van der Waals surface area contributed by atoms with Gasteiger partial charge in [0.25, 0.3) is 0 Å². The van der Waals surface area contributed by atoms with Crippen molar-refractivity contribution in [3.8, 4) is 0 Å². The average Bonchev–Trinajstić information content (AvgIpc) is 2.35. The largest absolute Gasteiger partial charge is 0.673 e. The van der Waals surface area contributed by atoms with Crippen molar-refractivity contribution in [1.82, 2.24) is 0 Å². The van der Waals surface area contributed by atoms with Gasteiger partial charge in [-0.25, -0.2) is 0 Å². The molecule has 0 aromatic heterocycles. The van der Waals surface area contributed by atoms with Gasteiger partial charge in [0.15, 0.2) is 6.29 Å². The lowest BCUT2D eigenvalue weighted by Gasteiger charge is -2.12. The fraction of sp³-hybridized carbons (Fsp3) is 0.333. The fourth-order valence-electron chi connectivity index (χ4n) is 0.979. The lowest BCUT2D eigenvalue weighted by molar-refractivity contribution is -0.106. The molecule has 1 aromatic rings. The number of hydrogen-bond acceptors (Lipinski definition) is 2. The first-order chi connectivity index (χ1) is 11.4. The van der Waals surface area contributed by atoms with Gasteiger partial charge in [0, 0.05) is 19.8 Å². The number of benzene rings is 1. The Hall–Kier alpha value is -1.51. The third-order valence-corrected chi connectivity index (χ3v) is 1.50. The molecule has 0 unspecified atom stereocenters. The van der Waals surface area contributed by atoms with Crippen LogP contribution < -0.4 is 0 Å². The van der Waals surface area contributed by atoms with Crippen molar-refractivity contribution in [2.24, 2.45) is 0 Å². The molecule has 0 radical (unpaired) electrons. The van der Waals surface area contributed by atoms with Gasteiger partial charge in [-0.05, 0) is 0 Å². The predicted molar refractivity (Wildman–Crippen MR) is 73.8 cm³/mol. The highest BCUT2D eigenvalue weighted by Crippen LogP contribution is 2.15. The van der Waals surface area contributed by atoms with Crippen molar-refractivity contribution in [2.75, 3.05) is 14.2 Å². The average molecular weight is 413 g/mol. The minimum atomic E-state index is -6.00. The lowest BCUT2D eigenvalue weighted by Crippen LogP contribution is -2.02. The van der Waals surface area contributed by atoms with Crippen molar-refractivity contribution in [3.05, 3.63) is 35.9 Å². The lowest BCUT2D eigenvalue weighted by atomic mass is 10.2. The van der Waals surface area contributed by atoms with E-state index >= 15 is 0 Å². The second-order valence-corrected chi connectivity index (χ2v) is 3.70. The maximum Gasteiger partial charge on any atom is 0.673 e. The first-order valence-electron chi connectivity index (χ1n) is 6.11. The molecule has 0 fully saturated rings. The van der Waals surface area contributed by atoms with Gasteiger partial charge in [0.1, 0.15) is 0 Å². The summed E-state index contributed by atoms with van der Waals surface area (Å²) in [6.07, 6.45) is -0.240. The van der Waals surface area contributed by atoms with Crippen molar-refractivity contribution < 1.29 is 61.3 Å². The molecule has 0 aliphatic heterocycles. The minimum Gasteiger partial charge on any atom is -0.418 e. The molecule has 0 aliphatic carbocycles. The molecule has 2 nitrogen and oxygen atoms in total. The van der Waals surface area contributed by atoms with Gasteiger partial charge in [-0.2, -0.15) is 0 Å². The highest BCUT2D eigenvalue weighted by atomic mass is 19.5. The summed E-state index contributed by atoms with van der Waals surface area (Å²) in [5.74, 6) is 0. The van der Waals surface area contributed by atoms with Crippen LogP contribution in [-0.4, -0.2) is 36.0 Å².